The highest BCUT2D eigenvalue weighted by Gasteiger charge is 2.05. The predicted octanol–water partition coefficient (Wildman–Crippen LogP) is 3.06. The maximum atomic E-state index is 5.63. The highest BCUT2D eigenvalue weighted by molar-refractivity contribution is 5.37. The lowest BCUT2D eigenvalue weighted by molar-refractivity contribution is 0.315. The van der Waals surface area contributed by atoms with Crippen LogP contribution in [0.3, 0.4) is 0 Å². The molecule has 0 saturated carbocycles. The number of rotatable bonds is 5. The Bertz CT molecular complexity index is 309. The Morgan fingerprint density at radius 3 is 2.67 bits per heavy atom. The van der Waals surface area contributed by atoms with Gasteiger partial charge < -0.3 is 10.1 Å². The lowest BCUT2D eigenvalue weighted by atomic mass is 10.1. The van der Waals surface area contributed by atoms with Crippen molar-refractivity contribution >= 4 is 0 Å². The molecular weight excluding hydrogens is 186 g/mol. The van der Waals surface area contributed by atoms with E-state index in [1.807, 2.05) is 7.05 Å². The second-order valence-corrected chi connectivity index (χ2v) is 3.88. The molecule has 1 atom stereocenters. The summed E-state index contributed by atoms with van der Waals surface area (Å²) in [6.07, 6.45) is 1.05. The first kappa shape index (κ1) is 12.1. The zero-order chi connectivity index (χ0) is 11.3. The zero-order valence-corrected chi connectivity index (χ0v) is 10.1. The molecule has 2 nitrogen and oxygen atoms in total. The Morgan fingerprint density at radius 2 is 2.13 bits per heavy atom. The van der Waals surface area contributed by atoms with Gasteiger partial charge in [0.1, 0.15) is 5.75 Å². The first-order valence-corrected chi connectivity index (χ1v) is 5.59. The van der Waals surface area contributed by atoms with Crippen molar-refractivity contribution in [2.75, 3.05) is 13.7 Å². The van der Waals surface area contributed by atoms with E-state index >= 15 is 0 Å². The quantitative estimate of drug-likeness (QED) is 0.801. The molecule has 0 spiro atoms. The van der Waals surface area contributed by atoms with Crippen LogP contribution in [0.15, 0.2) is 18.2 Å². The van der Waals surface area contributed by atoms with E-state index < -0.39 is 0 Å². The minimum atomic E-state index is 0.393. The molecule has 0 heterocycles. The van der Waals surface area contributed by atoms with Crippen molar-refractivity contribution < 1.29 is 4.74 Å². The summed E-state index contributed by atoms with van der Waals surface area (Å²) in [6.45, 7) is 7.16. The van der Waals surface area contributed by atoms with E-state index in [2.05, 4.69) is 44.3 Å². The number of hydrogen-bond donors (Lipinski definition) is 1. The van der Waals surface area contributed by atoms with Crippen LogP contribution in [-0.2, 0) is 0 Å². The average Bonchev–Trinajstić information content (AvgIpc) is 2.26. The van der Waals surface area contributed by atoms with Gasteiger partial charge in [-0.05, 0) is 44.5 Å². The lowest BCUT2D eigenvalue weighted by Crippen LogP contribution is -2.12. The van der Waals surface area contributed by atoms with Crippen LogP contribution in [0.4, 0.5) is 0 Å². The summed E-state index contributed by atoms with van der Waals surface area (Å²) in [5.41, 5.74) is 2.52. The molecule has 84 valence electrons. The number of hydrogen-bond acceptors (Lipinski definition) is 2. The second kappa shape index (κ2) is 5.76. The molecule has 0 aromatic heterocycles. The van der Waals surface area contributed by atoms with E-state index in [4.69, 9.17) is 4.74 Å². The molecular formula is C13H21NO. The van der Waals surface area contributed by atoms with Crippen molar-refractivity contribution in [3.63, 3.8) is 0 Å². The third kappa shape index (κ3) is 3.24. The molecule has 0 fully saturated rings. The molecule has 0 radical (unpaired) electrons. The fraction of sp³-hybridized carbons (Fsp3) is 0.538. The van der Waals surface area contributed by atoms with E-state index in [0.29, 0.717) is 6.04 Å². The van der Waals surface area contributed by atoms with E-state index in [1.165, 1.54) is 11.1 Å². The molecule has 1 aromatic carbocycles. The predicted molar refractivity (Wildman–Crippen MR) is 64.4 cm³/mol. The van der Waals surface area contributed by atoms with Gasteiger partial charge in [0, 0.05) is 6.04 Å². The first-order valence-electron chi connectivity index (χ1n) is 5.59. The van der Waals surface area contributed by atoms with Crippen LogP contribution in [0.25, 0.3) is 0 Å². The summed E-state index contributed by atoms with van der Waals surface area (Å²) in [7, 11) is 1.97. The molecule has 0 aliphatic rings. The average molecular weight is 207 g/mol. The van der Waals surface area contributed by atoms with E-state index in [1.54, 1.807) is 0 Å². The number of aryl methyl sites for hydroxylation is 1. The van der Waals surface area contributed by atoms with Crippen LogP contribution in [0, 0.1) is 6.92 Å². The van der Waals surface area contributed by atoms with Crippen LogP contribution >= 0.6 is 0 Å². The summed E-state index contributed by atoms with van der Waals surface area (Å²) >= 11 is 0. The molecule has 0 amide bonds. The van der Waals surface area contributed by atoms with Gasteiger partial charge in [0.05, 0.1) is 6.61 Å². The highest BCUT2D eigenvalue weighted by atomic mass is 16.5. The van der Waals surface area contributed by atoms with Crippen molar-refractivity contribution in [3.8, 4) is 5.75 Å². The van der Waals surface area contributed by atoms with Crippen molar-refractivity contribution in [1.29, 1.82) is 0 Å². The topological polar surface area (TPSA) is 21.3 Å². The van der Waals surface area contributed by atoms with Gasteiger partial charge in [0.15, 0.2) is 0 Å². The van der Waals surface area contributed by atoms with Gasteiger partial charge in [-0.15, -0.1) is 0 Å². The largest absolute Gasteiger partial charge is 0.493 e. The summed E-state index contributed by atoms with van der Waals surface area (Å²) in [5, 5.41) is 3.23. The van der Waals surface area contributed by atoms with E-state index in [9.17, 15) is 0 Å². The Morgan fingerprint density at radius 1 is 1.40 bits per heavy atom. The van der Waals surface area contributed by atoms with Gasteiger partial charge in [0.25, 0.3) is 0 Å². The monoisotopic (exact) mass is 207 g/mol. The van der Waals surface area contributed by atoms with Gasteiger partial charge in [-0.1, -0.05) is 19.1 Å². The smallest absolute Gasteiger partial charge is 0.122 e. The van der Waals surface area contributed by atoms with Gasteiger partial charge >= 0.3 is 0 Å². The number of benzene rings is 1. The van der Waals surface area contributed by atoms with Gasteiger partial charge in [-0.2, -0.15) is 0 Å². The Kier molecular flexibility index (Phi) is 4.63. The third-order valence-corrected chi connectivity index (χ3v) is 2.59. The van der Waals surface area contributed by atoms with Crippen molar-refractivity contribution in [1.82, 2.24) is 5.32 Å². The van der Waals surface area contributed by atoms with Gasteiger partial charge in [-0.25, -0.2) is 0 Å². The van der Waals surface area contributed by atoms with Gasteiger partial charge in [0.2, 0.25) is 0 Å². The SMILES string of the molecule is CCCOc1ccc(C(C)NC)cc1C. The minimum Gasteiger partial charge on any atom is -0.493 e. The molecule has 1 unspecified atom stereocenters. The van der Waals surface area contributed by atoms with Crippen molar-refractivity contribution in [3.05, 3.63) is 29.3 Å². The van der Waals surface area contributed by atoms with Crippen molar-refractivity contribution in [2.24, 2.45) is 0 Å². The standard InChI is InChI=1S/C13H21NO/c1-5-8-15-13-7-6-12(9-10(13)2)11(3)14-4/h6-7,9,11,14H,5,8H2,1-4H3. The van der Waals surface area contributed by atoms with Crippen LogP contribution < -0.4 is 10.1 Å². The minimum absolute atomic E-state index is 0.393. The summed E-state index contributed by atoms with van der Waals surface area (Å²) in [5.74, 6) is 1.00. The Labute approximate surface area is 92.6 Å². The second-order valence-electron chi connectivity index (χ2n) is 3.88. The number of nitrogens with one attached hydrogen (secondary N) is 1. The molecule has 1 aromatic rings. The molecule has 0 bridgehead atoms. The maximum absolute atomic E-state index is 5.63. The van der Waals surface area contributed by atoms with E-state index in [0.717, 1.165) is 18.8 Å². The molecule has 0 aliphatic carbocycles. The molecule has 0 saturated heterocycles. The summed E-state index contributed by atoms with van der Waals surface area (Å²) < 4.78 is 5.63. The summed E-state index contributed by atoms with van der Waals surface area (Å²) in [4.78, 5) is 0. The fourth-order valence-corrected chi connectivity index (χ4v) is 1.48. The third-order valence-electron chi connectivity index (χ3n) is 2.59. The maximum Gasteiger partial charge on any atom is 0.122 e. The normalized spacial score (nSPS) is 12.5. The highest BCUT2D eigenvalue weighted by Crippen LogP contribution is 2.22. The Hall–Kier alpha value is -1.02. The molecule has 1 rings (SSSR count). The van der Waals surface area contributed by atoms with E-state index in [-0.39, 0.29) is 0 Å². The molecule has 0 aliphatic heterocycles. The van der Waals surface area contributed by atoms with Gasteiger partial charge in [-0.3, -0.25) is 0 Å². The van der Waals surface area contributed by atoms with Crippen LogP contribution in [-0.4, -0.2) is 13.7 Å². The summed E-state index contributed by atoms with van der Waals surface area (Å²) in [6, 6.07) is 6.77. The molecule has 1 N–H and O–H groups in total. The van der Waals surface area contributed by atoms with Crippen LogP contribution in [0.5, 0.6) is 5.75 Å². The zero-order valence-electron chi connectivity index (χ0n) is 10.1. The molecule has 15 heavy (non-hydrogen) atoms. The Balaban J connectivity index is 2.78. The fourth-order valence-electron chi connectivity index (χ4n) is 1.48. The number of ether oxygens (including phenoxy) is 1. The van der Waals surface area contributed by atoms with Crippen LogP contribution in [0.1, 0.15) is 37.4 Å². The van der Waals surface area contributed by atoms with Crippen molar-refractivity contribution in [2.45, 2.75) is 33.2 Å². The lowest BCUT2D eigenvalue weighted by Gasteiger charge is -2.14. The van der Waals surface area contributed by atoms with Crippen LogP contribution in [0.2, 0.25) is 0 Å². The molecule has 2 heteroatoms. The first-order chi connectivity index (χ1) is 7.19.